The Morgan fingerprint density at radius 3 is 2.07 bits per heavy atom. The third kappa shape index (κ3) is 4.41. The van der Waals surface area contributed by atoms with Gasteiger partial charge in [0.25, 0.3) is 11.6 Å². The molecule has 154 valence electrons. The highest BCUT2D eigenvalue weighted by Crippen LogP contribution is 2.41. The lowest BCUT2D eigenvalue weighted by atomic mass is 10.1. The van der Waals surface area contributed by atoms with Crippen LogP contribution in [0, 0.1) is 6.92 Å². The third-order valence-electron chi connectivity index (χ3n) is 3.92. The Morgan fingerprint density at radius 1 is 1.11 bits per heavy atom. The fourth-order valence-electron chi connectivity index (χ4n) is 2.44. The summed E-state index contributed by atoms with van der Waals surface area (Å²) in [6, 6.07) is 4.37. The van der Waals surface area contributed by atoms with Crippen LogP contribution in [0.4, 0.5) is 26.3 Å². The molecule has 2 rings (SSSR count). The Balaban J connectivity index is 2.41. The second-order valence-electron chi connectivity index (χ2n) is 5.97. The highest BCUT2D eigenvalue weighted by Gasteiger charge is 2.72. The second kappa shape index (κ2) is 7.63. The Hall–Kier alpha value is -2.27. The summed E-state index contributed by atoms with van der Waals surface area (Å²) < 4.78 is 82.7. The number of amides is 1. The van der Waals surface area contributed by atoms with Gasteiger partial charge in [0.1, 0.15) is 0 Å². The molecule has 2 N–H and O–H groups in total. The first kappa shape index (κ1) is 22.0. The first-order chi connectivity index (χ1) is 12.8. The minimum Gasteiger partial charge on any atom is -0.319 e. The maximum atomic E-state index is 13.6. The Morgan fingerprint density at radius 2 is 1.64 bits per heavy atom. The van der Waals surface area contributed by atoms with Crippen LogP contribution in [0.5, 0.6) is 0 Å². The molecule has 0 saturated carbocycles. The minimum absolute atomic E-state index is 0.112. The zero-order chi connectivity index (χ0) is 21.3. The van der Waals surface area contributed by atoms with Crippen molar-refractivity contribution in [3.8, 4) is 0 Å². The Labute approximate surface area is 160 Å². The van der Waals surface area contributed by atoms with Crippen molar-refractivity contribution in [1.82, 2.24) is 20.4 Å². The Kier molecular flexibility index (Phi) is 6.00. The van der Waals surface area contributed by atoms with E-state index in [0.29, 0.717) is 0 Å². The number of rotatable bonds is 5. The number of nitrogens with zero attached hydrogens (tertiary/aromatic N) is 2. The molecular weight excluding hydrogens is 414 g/mol. The lowest BCUT2D eigenvalue weighted by Gasteiger charge is -2.38. The molecule has 1 heterocycles. The smallest absolute Gasteiger partial charge is 0.319 e. The number of hydrogen-bond donors (Lipinski definition) is 2. The number of aryl methyl sites for hydroxylation is 2. The minimum atomic E-state index is -5.89. The van der Waals surface area contributed by atoms with E-state index in [1.807, 2.05) is 0 Å². The number of carbonyl (C=O) groups is 1. The molecule has 0 unspecified atom stereocenters. The highest BCUT2D eigenvalue weighted by atomic mass is 35.5. The van der Waals surface area contributed by atoms with Crippen molar-refractivity contribution in [1.29, 1.82) is 0 Å². The van der Waals surface area contributed by atoms with Gasteiger partial charge in [-0.2, -0.15) is 31.4 Å². The van der Waals surface area contributed by atoms with Crippen molar-refractivity contribution in [2.45, 2.75) is 31.5 Å². The van der Waals surface area contributed by atoms with Crippen LogP contribution in [0.1, 0.15) is 21.6 Å². The maximum absolute atomic E-state index is 13.6. The van der Waals surface area contributed by atoms with Crippen LogP contribution in [0.2, 0.25) is 5.02 Å². The molecule has 28 heavy (non-hydrogen) atoms. The van der Waals surface area contributed by atoms with Crippen molar-refractivity contribution in [2.24, 2.45) is 7.05 Å². The van der Waals surface area contributed by atoms with Crippen LogP contribution in [-0.2, 0) is 13.6 Å². The van der Waals surface area contributed by atoms with Gasteiger partial charge in [-0.15, -0.1) is 0 Å². The lowest BCUT2D eigenvalue weighted by molar-refractivity contribution is -0.314. The molecule has 1 aromatic heterocycles. The SMILES string of the molecule is Cc1nn(C)cc1CNC(NC(=O)c1ccc(Cl)cc1)(C(F)(F)F)C(F)(F)F. The summed E-state index contributed by atoms with van der Waals surface area (Å²) in [5.74, 6) is -1.57. The van der Waals surface area contributed by atoms with E-state index in [9.17, 15) is 31.1 Å². The van der Waals surface area contributed by atoms with Gasteiger partial charge in [0, 0.05) is 35.9 Å². The zero-order valence-electron chi connectivity index (χ0n) is 14.5. The molecule has 0 aliphatic rings. The van der Waals surface area contributed by atoms with E-state index in [2.05, 4.69) is 5.10 Å². The molecule has 2 aromatic rings. The van der Waals surface area contributed by atoms with Crippen LogP contribution in [0.25, 0.3) is 0 Å². The number of nitrogens with one attached hydrogen (secondary N) is 2. The molecule has 1 aromatic carbocycles. The molecule has 0 aliphatic carbocycles. The number of benzene rings is 1. The molecular formula is C16H15ClF6N4O. The summed E-state index contributed by atoms with van der Waals surface area (Å²) in [5.41, 5.74) is -4.72. The van der Waals surface area contributed by atoms with Crippen LogP contribution in [-0.4, -0.2) is 33.7 Å². The first-order valence-electron chi connectivity index (χ1n) is 7.72. The number of aromatic nitrogens is 2. The van der Waals surface area contributed by atoms with Crippen molar-refractivity contribution in [2.75, 3.05) is 0 Å². The largest absolute Gasteiger partial charge is 0.434 e. The lowest BCUT2D eigenvalue weighted by Crippen LogP contribution is -2.75. The van der Waals surface area contributed by atoms with Gasteiger partial charge in [-0.1, -0.05) is 11.6 Å². The normalized spacial score (nSPS) is 12.9. The number of carbonyl (C=O) groups excluding carboxylic acids is 1. The van der Waals surface area contributed by atoms with Gasteiger partial charge in [0.15, 0.2) is 0 Å². The van der Waals surface area contributed by atoms with Crippen molar-refractivity contribution >= 4 is 17.5 Å². The standard InChI is InChI=1S/C16H15ClF6N4O/c1-9-11(8-27(2)26-9)7-24-14(15(18,19)20,16(21,22)23)25-13(28)10-3-5-12(17)6-4-10/h3-6,8,24H,7H2,1-2H3,(H,25,28). The summed E-state index contributed by atoms with van der Waals surface area (Å²) in [6.45, 7) is 0.603. The monoisotopic (exact) mass is 428 g/mol. The van der Waals surface area contributed by atoms with E-state index in [0.717, 1.165) is 17.4 Å². The first-order valence-corrected chi connectivity index (χ1v) is 8.10. The summed E-state index contributed by atoms with van der Waals surface area (Å²) in [5, 5.41) is 6.54. The van der Waals surface area contributed by atoms with Gasteiger partial charge in [-0.25, -0.2) is 0 Å². The average molecular weight is 429 g/mol. The van der Waals surface area contributed by atoms with Crippen molar-refractivity contribution in [3.05, 3.63) is 52.3 Å². The predicted molar refractivity (Wildman–Crippen MR) is 88.5 cm³/mol. The maximum Gasteiger partial charge on any atom is 0.434 e. The van der Waals surface area contributed by atoms with Gasteiger partial charge in [-0.05, 0) is 31.2 Å². The Bertz CT molecular complexity index is 830. The van der Waals surface area contributed by atoms with Crippen LogP contribution in [0.3, 0.4) is 0 Å². The quantitative estimate of drug-likeness (QED) is 0.563. The topological polar surface area (TPSA) is 59.0 Å². The molecule has 12 heteroatoms. The molecule has 0 aliphatic heterocycles. The molecule has 5 nitrogen and oxygen atoms in total. The second-order valence-corrected chi connectivity index (χ2v) is 6.41. The fraction of sp³-hybridized carbons (Fsp3) is 0.375. The zero-order valence-corrected chi connectivity index (χ0v) is 15.3. The van der Waals surface area contributed by atoms with Crippen molar-refractivity contribution < 1.29 is 31.1 Å². The average Bonchev–Trinajstić information content (AvgIpc) is 2.87. The van der Waals surface area contributed by atoms with E-state index >= 15 is 0 Å². The summed E-state index contributed by atoms with van der Waals surface area (Å²) in [4.78, 5) is 12.1. The van der Waals surface area contributed by atoms with Gasteiger partial charge in [0.2, 0.25) is 0 Å². The fourth-order valence-corrected chi connectivity index (χ4v) is 2.57. The van der Waals surface area contributed by atoms with E-state index in [4.69, 9.17) is 11.6 Å². The summed E-state index contributed by atoms with van der Waals surface area (Å²) >= 11 is 5.62. The van der Waals surface area contributed by atoms with Gasteiger partial charge in [-0.3, -0.25) is 14.8 Å². The van der Waals surface area contributed by atoms with Crippen LogP contribution >= 0.6 is 11.6 Å². The summed E-state index contributed by atoms with van der Waals surface area (Å²) in [7, 11) is 1.47. The number of halogens is 7. The van der Waals surface area contributed by atoms with Crippen LogP contribution < -0.4 is 10.6 Å². The van der Waals surface area contributed by atoms with Gasteiger partial charge < -0.3 is 5.32 Å². The van der Waals surface area contributed by atoms with Gasteiger partial charge >= 0.3 is 12.4 Å². The third-order valence-corrected chi connectivity index (χ3v) is 4.17. The number of alkyl halides is 6. The van der Waals surface area contributed by atoms with Gasteiger partial charge in [0.05, 0.1) is 5.69 Å². The molecule has 1 amide bonds. The molecule has 0 radical (unpaired) electrons. The molecule has 0 atom stereocenters. The van der Waals surface area contributed by atoms with E-state index in [1.165, 1.54) is 42.3 Å². The molecule has 0 bridgehead atoms. The molecule has 0 saturated heterocycles. The molecule has 0 fully saturated rings. The van der Waals surface area contributed by atoms with E-state index < -0.39 is 36.0 Å². The van der Waals surface area contributed by atoms with Crippen LogP contribution in [0.15, 0.2) is 30.5 Å². The van der Waals surface area contributed by atoms with E-state index in [1.54, 1.807) is 0 Å². The molecule has 0 spiro atoms. The highest BCUT2D eigenvalue weighted by molar-refractivity contribution is 6.30. The van der Waals surface area contributed by atoms with Crippen molar-refractivity contribution in [3.63, 3.8) is 0 Å². The summed E-state index contributed by atoms with van der Waals surface area (Å²) in [6.07, 6.45) is -10.5. The number of hydrogen-bond acceptors (Lipinski definition) is 3. The van der Waals surface area contributed by atoms with E-state index in [-0.39, 0.29) is 16.3 Å². The predicted octanol–water partition coefficient (Wildman–Crippen LogP) is 3.72.